The number of rotatable bonds is 5. The van der Waals surface area contributed by atoms with Gasteiger partial charge in [0.05, 0.1) is 9.21 Å². The Kier molecular flexibility index (Phi) is 4.79. The minimum atomic E-state index is -4.69. The maximum absolute atomic E-state index is 12.0. The zero-order valence-electron chi connectivity index (χ0n) is 10.7. The summed E-state index contributed by atoms with van der Waals surface area (Å²) < 4.78 is 40.8. The van der Waals surface area contributed by atoms with Crippen molar-refractivity contribution in [3.8, 4) is 5.75 Å². The van der Waals surface area contributed by atoms with Crippen molar-refractivity contribution in [3.05, 3.63) is 35.9 Å². The van der Waals surface area contributed by atoms with E-state index < -0.39 is 6.36 Å². The predicted molar refractivity (Wildman–Crippen MR) is 76.5 cm³/mol. The molecule has 0 atom stereocenters. The Hall–Kier alpha value is -1.67. The van der Waals surface area contributed by atoms with Crippen LogP contribution in [0.15, 0.2) is 39.4 Å². The molecule has 0 amide bonds. The van der Waals surface area contributed by atoms with Crippen molar-refractivity contribution in [3.63, 3.8) is 0 Å². The summed E-state index contributed by atoms with van der Waals surface area (Å²) in [6, 6.07) is 7.30. The molecule has 21 heavy (non-hydrogen) atoms. The highest BCUT2D eigenvalue weighted by Crippen LogP contribution is 2.38. The quantitative estimate of drug-likeness (QED) is 0.808. The number of benzene rings is 1. The lowest BCUT2D eigenvalue weighted by Crippen LogP contribution is -2.16. The summed E-state index contributed by atoms with van der Waals surface area (Å²) in [5.74, 6) is -0.262. The highest BCUT2D eigenvalue weighted by Gasteiger charge is 2.30. The first kappa shape index (κ1) is 15.7. The number of aldehydes is 1. The molecule has 0 unspecified atom stereocenters. The topological polar surface area (TPSA) is 38.3 Å². The van der Waals surface area contributed by atoms with Crippen LogP contribution in [-0.4, -0.2) is 19.7 Å². The fourth-order valence-electron chi connectivity index (χ4n) is 1.54. The number of alkyl halides is 3. The largest absolute Gasteiger partial charge is 0.573 e. The fraction of sp³-hybridized carbons (Fsp3) is 0.154. The van der Waals surface area contributed by atoms with Crippen molar-refractivity contribution < 1.29 is 22.7 Å². The van der Waals surface area contributed by atoms with Crippen LogP contribution < -0.4 is 10.1 Å². The number of thiophene rings is 1. The normalized spacial score (nSPS) is 11.2. The van der Waals surface area contributed by atoms with Gasteiger partial charge in [0, 0.05) is 17.5 Å². The summed E-state index contributed by atoms with van der Waals surface area (Å²) in [7, 11) is 1.72. The van der Waals surface area contributed by atoms with Crippen molar-refractivity contribution in [1.29, 1.82) is 0 Å². The molecule has 0 aliphatic rings. The third-order valence-electron chi connectivity index (χ3n) is 2.37. The first-order valence-corrected chi connectivity index (χ1v) is 7.35. The third-order valence-corrected chi connectivity index (χ3v) is 4.66. The van der Waals surface area contributed by atoms with E-state index >= 15 is 0 Å². The van der Waals surface area contributed by atoms with Gasteiger partial charge < -0.3 is 10.1 Å². The van der Waals surface area contributed by atoms with Crippen LogP contribution in [0.2, 0.25) is 0 Å². The van der Waals surface area contributed by atoms with Gasteiger partial charge in [0.2, 0.25) is 0 Å². The monoisotopic (exact) mass is 333 g/mol. The SMILES string of the molecule is CNc1sc(Sc2ccc(OC(F)(F)F)cc2)cc1C=O. The lowest BCUT2D eigenvalue weighted by molar-refractivity contribution is -0.274. The molecule has 1 heterocycles. The van der Waals surface area contributed by atoms with Crippen molar-refractivity contribution in [2.45, 2.75) is 15.5 Å². The van der Waals surface area contributed by atoms with Crippen LogP contribution in [0.1, 0.15) is 10.4 Å². The Bertz CT molecular complexity index is 623. The molecule has 2 aromatic rings. The molecule has 0 saturated heterocycles. The van der Waals surface area contributed by atoms with E-state index in [0.717, 1.165) is 20.4 Å². The van der Waals surface area contributed by atoms with Crippen LogP contribution in [0.5, 0.6) is 5.75 Å². The van der Waals surface area contributed by atoms with Crippen LogP contribution in [0.3, 0.4) is 0 Å². The zero-order chi connectivity index (χ0) is 15.5. The molecule has 0 radical (unpaired) electrons. The lowest BCUT2D eigenvalue weighted by atomic mass is 10.3. The molecule has 112 valence electrons. The van der Waals surface area contributed by atoms with Gasteiger partial charge in [0.25, 0.3) is 0 Å². The molecule has 2 rings (SSSR count). The molecule has 3 nitrogen and oxygen atoms in total. The van der Waals surface area contributed by atoms with E-state index in [9.17, 15) is 18.0 Å². The Labute approximate surface area is 127 Å². The van der Waals surface area contributed by atoms with Crippen LogP contribution in [0.25, 0.3) is 0 Å². The van der Waals surface area contributed by atoms with Crippen LogP contribution in [0, 0.1) is 0 Å². The van der Waals surface area contributed by atoms with Crippen LogP contribution in [0.4, 0.5) is 18.2 Å². The van der Waals surface area contributed by atoms with Crippen LogP contribution >= 0.6 is 23.1 Å². The van der Waals surface area contributed by atoms with Gasteiger partial charge in [-0.2, -0.15) is 0 Å². The molecular formula is C13H10F3NO2S2. The maximum Gasteiger partial charge on any atom is 0.573 e. The van der Waals surface area contributed by atoms with Gasteiger partial charge in [0.15, 0.2) is 6.29 Å². The smallest absolute Gasteiger partial charge is 0.406 e. The third kappa shape index (κ3) is 4.40. The fourth-order valence-corrected chi connectivity index (χ4v) is 3.65. The Balaban J connectivity index is 2.10. The summed E-state index contributed by atoms with van der Waals surface area (Å²) in [5.41, 5.74) is 0.557. The minimum Gasteiger partial charge on any atom is -0.406 e. The summed E-state index contributed by atoms with van der Waals surface area (Å²) in [6.07, 6.45) is -3.93. The Morgan fingerprint density at radius 1 is 1.29 bits per heavy atom. The van der Waals surface area contributed by atoms with Gasteiger partial charge in [-0.05, 0) is 30.3 Å². The standard InChI is InChI=1S/C13H10F3NO2S2/c1-17-12-8(7-18)6-11(21-12)20-10-4-2-9(3-5-10)19-13(14,15)16/h2-7,17H,1H3. The van der Waals surface area contributed by atoms with Crippen molar-refractivity contribution in [2.75, 3.05) is 12.4 Å². The number of ether oxygens (including phenoxy) is 1. The molecule has 0 bridgehead atoms. The second kappa shape index (κ2) is 6.40. The minimum absolute atomic E-state index is 0.262. The second-order valence-corrected chi connectivity index (χ2v) is 6.26. The Morgan fingerprint density at radius 2 is 1.95 bits per heavy atom. The molecular weight excluding hydrogens is 323 g/mol. The summed E-state index contributed by atoms with van der Waals surface area (Å²) in [4.78, 5) is 11.6. The van der Waals surface area contributed by atoms with E-state index in [-0.39, 0.29) is 5.75 Å². The molecule has 0 aliphatic carbocycles. The average Bonchev–Trinajstić information content (AvgIpc) is 2.81. The van der Waals surface area contributed by atoms with Crippen molar-refractivity contribution >= 4 is 34.4 Å². The summed E-state index contributed by atoms with van der Waals surface area (Å²) >= 11 is 2.77. The highest BCUT2D eigenvalue weighted by atomic mass is 32.2. The van der Waals surface area contributed by atoms with Crippen molar-refractivity contribution in [1.82, 2.24) is 0 Å². The molecule has 1 aromatic carbocycles. The predicted octanol–water partition coefficient (Wildman–Crippen LogP) is 4.65. The van der Waals surface area contributed by atoms with Gasteiger partial charge >= 0.3 is 6.36 Å². The van der Waals surface area contributed by atoms with E-state index in [1.807, 2.05) is 0 Å². The highest BCUT2D eigenvalue weighted by molar-refractivity contribution is 8.01. The van der Waals surface area contributed by atoms with Gasteiger partial charge in [-0.3, -0.25) is 4.79 Å². The number of carbonyl (C=O) groups excluding carboxylic acids is 1. The number of hydrogen-bond acceptors (Lipinski definition) is 5. The van der Waals surface area contributed by atoms with Gasteiger partial charge in [0.1, 0.15) is 5.75 Å². The van der Waals surface area contributed by atoms with E-state index in [2.05, 4.69) is 10.1 Å². The first-order valence-electron chi connectivity index (χ1n) is 5.71. The summed E-state index contributed by atoms with van der Waals surface area (Å²) in [5, 5.41) is 3.67. The number of halogens is 3. The van der Waals surface area contributed by atoms with Crippen LogP contribution in [-0.2, 0) is 0 Å². The number of hydrogen-bond donors (Lipinski definition) is 1. The molecule has 0 saturated carbocycles. The first-order chi connectivity index (χ1) is 9.91. The van der Waals surface area contributed by atoms with Crippen molar-refractivity contribution in [2.24, 2.45) is 0 Å². The van der Waals surface area contributed by atoms with E-state index in [1.165, 1.54) is 47.4 Å². The van der Waals surface area contributed by atoms with Gasteiger partial charge in [-0.15, -0.1) is 24.5 Å². The molecule has 0 aliphatic heterocycles. The van der Waals surface area contributed by atoms with E-state index in [1.54, 1.807) is 13.1 Å². The molecule has 1 aromatic heterocycles. The molecule has 0 spiro atoms. The van der Waals surface area contributed by atoms with E-state index in [4.69, 9.17) is 0 Å². The molecule has 0 fully saturated rings. The maximum atomic E-state index is 12.0. The summed E-state index contributed by atoms with van der Waals surface area (Å²) in [6.45, 7) is 0. The van der Waals surface area contributed by atoms with Gasteiger partial charge in [-0.25, -0.2) is 0 Å². The number of anilines is 1. The van der Waals surface area contributed by atoms with Gasteiger partial charge in [-0.1, -0.05) is 11.8 Å². The average molecular weight is 333 g/mol. The number of carbonyl (C=O) groups is 1. The van der Waals surface area contributed by atoms with E-state index in [0.29, 0.717) is 5.56 Å². The number of nitrogens with one attached hydrogen (secondary N) is 1. The molecule has 1 N–H and O–H groups in total. The molecule has 8 heteroatoms. The zero-order valence-corrected chi connectivity index (χ0v) is 12.4. The lowest BCUT2D eigenvalue weighted by Gasteiger charge is -2.08. The second-order valence-electron chi connectivity index (χ2n) is 3.84. The Morgan fingerprint density at radius 3 is 2.43 bits per heavy atom.